The van der Waals surface area contributed by atoms with Crippen molar-refractivity contribution in [2.75, 3.05) is 0 Å². The minimum absolute atomic E-state index is 0.271. The van der Waals surface area contributed by atoms with Gasteiger partial charge < -0.3 is 10.2 Å². The molecule has 2 nitrogen and oxygen atoms in total. The Labute approximate surface area is 68.2 Å². The molecule has 0 aromatic carbocycles. The van der Waals surface area contributed by atoms with Gasteiger partial charge in [-0.3, -0.25) is 0 Å². The third kappa shape index (κ3) is 1.74. The zero-order chi connectivity index (χ0) is 8.43. The van der Waals surface area contributed by atoms with Crippen molar-refractivity contribution < 1.29 is 10.2 Å². The fourth-order valence-electron chi connectivity index (χ4n) is 1.88. The Hall–Kier alpha value is -0.0800. The Morgan fingerprint density at radius 3 is 2.36 bits per heavy atom. The lowest BCUT2D eigenvalue weighted by Gasteiger charge is -2.35. The van der Waals surface area contributed by atoms with E-state index in [-0.39, 0.29) is 5.92 Å². The third-order valence-electron chi connectivity index (χ3n) is 2.93. The molecule has 0 aromatic rings. The molecule has 4 unspecified atom stereocenters. The van der Waals surface area contributed by atoms with Gasteiger partial charge in [-0.25, -0.2) is 0 Å². The Bertz CT molecular complexity index is 123. The molecule has 0 radical (unpaired) electrons. The van der Waals surface area contributed by atoms with Crippen molar-refractivity contribution in [3.05, 3.63) is 0 Å². The summed E-state index contributed by atoms with van der Waals surface area (Å²) >= 11 is 0. The predicted octanol–water partition coefficient (Wildman–Crippen LogP) is 1.16. The molecule has 2 heteroatoms. The van der Waals surface area contributed by atoms with E-state index in [9.17, 15) is 10.2 Å². The lowest BCUT2D eigenvalue weighted by atomic mass is 9.77. The predicted molar refractivity (Wildman–Crippen MR) is 44.2 cm³/mol. The summed E-state index contributed by atoms with van der Waals surface area (Å²) < 4.78 is 0. The number of aliphatic hydroxyl groups is 2. The van der Waals surface area contributed by atoms with E-state index in [0.29, 0.717) is 5.92 Å². The molecule has 1 rings (SSSR count). The first kappa shape index (κ1) is 9.01. The van der Waals surface area contributed by atoms with Gasteiger partial charge in [-0.15, -0.1) is 0 Å². The number of rotatable bonds is 1. The van der Waals surface area contributed by atoms with Gasteiger partial charge in [-0.1, -0.05) is 20.3 Å². The fraction of sp³-hybridized carbons (Fsp3) is 1.00. The van der Waals surface area contributed by atoms with Gasteiger partial charge in [-0.05, 0) is 24.7 Å². The van der Waals surface area contributed by atoms with Crippen LogP contribution < -0.4 is 0 Å². The van der Waals surface area contributed by atoms with Crippen LogP contribution in [0.5, 0.6) is 0 Å². The topological polar surface area (TPSA) is 40.5 Å². The van der Waals surface area contributed by atoms with Gasteiger partial charge in [0.15, 0.2) is 0 Å². The zero-order valence-corrected chi connectivity index (χ0v) is 7.33. The molecule has 2 N–H and O–H groups in total. The monoisotopic (exact) mass is 158 g/mol. The second-order valence-electron chi connectivity index (χ2n) is 3.70. The van der Waals surface area contributed by atoms with E-state index in [1.54, 1.807) is 0 Å². The van der Waals surface area contributed by atoms with E-state index < -0.39 is 12.2 Å². The molecule has 1 saturated carbocycles. The van der Waals surface area contributed by atoms with Gasteiger partial charge in [0.05, 0.1) is 12.2 Å². The molecule has 66 valence electrons. The SMILES string of the molecule is CCC1CCC(C)C(O)C1O. The first-order valence-corrected chi connectivity index (χ1v) is 4.53. The van der Waals surface area contributed by atoms with Crippen LogP contribution >= 0.6 is 0 Å². The van der Waals surface area contributed by atoms with Crippen LogP contribution in [0.3, 0.4) is 0 Å². The van der Waals surface area contributed by atoms with E-state index >= 15 is 0 Å². The Kier molecular flexibility index (Phi) is 2.90. The molecule has 0 heterocycles. The van der Waals surface area contributed by atoms with Crippen molar-refractivity contribution in [2.45, 2.75) is 45.3 Å². The molecule has 11 heavy (non-hydrogen) atoms. The van der Waals surface area contributed by atoms with Crippen molar-refractivity contribution in [2.24, 2.45) is 11.8 Å². The van der Waals surface area contributed by atoms with Crippen molar-refractivity contribution >= 4 is 0 Å². The second-order valence-corrected chi connectivity index (χ2v) is 3.70. The smallest absolute Gasteiger partial charge is 0.0829 e. The largest absolute Gasteiger partial charge is 0.390 e. The summed E-state index contributed by atoms with van der Waals surface area (Å²) in [5.41, 5.74) is 0. The van der Waals surface area contributed by atoms with Crippen LogP contribution in [0.25, 0.3) is 0 Å². The van der Waals surface area contributed by atoms with Crippen LogP contribution in [0.2, 0.25) is 0 Å². The highest BCUT2D eigenvalue weighted by Gasteiger charge is 2.33. The molecule has 0 spiro atoms. The van der Waals surface area contributed by atoms with Gasteiger partial charge in [-0.2, -0.15) is 0 Å². The number of aliphatic hydroxyl groups excluding tert-OH is 2. The Morgan fingerprint density at radius 1 is 1.18 bits per heavy atom. The number of hydrogen-bond acceptors (Lipinski definition) is 2. The van der Waals surface area contributed by atoms with Crippen molar-refractivity contribution in [3.63, 3.8) is 0 Å². The molecular formula is C9H18O2. The average Bonchev–Trinajstić information content (AvgIpc) is 2.01. The van der Waals surface area contributed by atoms with E-state index in [4.69, 9.17) is 0 Å². The van der Waals surface area contributed by atoms with Crippen LogP contribution in [-0.4, -0.2) is 22.4 Å². The van der Waals surface area contributed by atoms with E-state index in [0.717, 1.165) is 19.3 Å². The van der Waals surface area contributed by atoms with Crippen molar-refractivity contribution in [1.82, 2.24) is 0 Å². The van der Waals surface area contributed by atoms with Gasteiger partial charge in [0.2, 0.25) is 0 Å². The maximum Gasteiger partial charge on any atom is 0.0829 e. The van der Waals surface area contributed by atoms with Gasteiger partial charge in [0.1, 0.15) is 0 Å². The standard InChI is InChI=1S/C9H18O2/c1-3-7-5-4-6(2)8(10)9(7)11/h6-11H,3-5H2,1-2H3. The summed E-state index contributed by atoms with van der Waals surface area (Å²) in [4.78, 5) is 0. The van der Waals surface area contributed by atoms with E-state index in [2.05, 4.69) is 6.92 Å². The average molecular weight is 158 g/mol. The third-order valence-corrected chi connectivity index (χ3v) is 2.93. The molecule has 0 amide bonds. The summed E-state index contributed by atoms with van der Waals surface area (Å²) in [6, 6.07) is 0. The van der Waals surface area contributed by atoms with E-state index in [1.807, 2.05) is 6.92 Å². The quantitative estimate of drug-likeness (QED) is 0.601. The van der Waals surface area contributed by atoms with Gasteiger partial charge in [0.25, 0.3) is 0 Å². The molecule has 1 fully saturated rings. The highest BCUT2D eigenvalue weighted by atomic mass is 16.3. The maximum atomic E-state index is 9.56. The maximum absolute atomic E-state index is 9.56. The normalized spacial score (nSPS) is 45.8. The summed E-state index contributed by atoms with van der Waals surface area (Å²) in [5, 5.41) is 19.1. The van der Waals surface area contributed by atoms with Crippen LogP contribution in [0.4, 0.5) is 0 Å². The molecule has 1 aliphatic rings. The van der Waals surface area contributed by atoms with E-state index in [1.165, 1.54) is 0 Å². The first-order chi connectivity index (χ1) is 5.16. The summed E-state index contributed by atoms with van der Waals surface area (Å²) in [6.07, 6.45) is 2.12. The molecular weight excluding hydrogens is 140 g/mol. The lowest BCUT2D eigenvalue weighted by Crippen LogP contribution is -2.42. The fourth-order valence-corrected chi connectivity index (χ4v) is 1.88. The number of hydrogen-bond donors (Lipinski definition) is 2. The van der Waals surface area contributed by atoms with Crippen molar-refractivity contribution in [1.29, 1.82) is 0 Å². The molecule has 1 aliphatic carbocycles. The molecule has 0 aliphatic heterocycles. The minimum Gasteiger partial charge on any atom is -0.390 e. The van der Waals surface area contributed by atoms with Gasteiger partial charge in [0, 0.05) is 0 Å². The Balaban J connectivity index is 2.52. The van der Waals surface area contributed by atoms with Crippen molar-refractivity contribution in [3.8, 4) is 0 Å². The zero-order valence-electron chi connectivity index (χ0n) is 7.33. The van der Waals surface area contributed by atoms with Gasteiger partial charge >= 0.3 is 0 Å². The van der Waals surface area contributed by atoms with Crippen LogP contribution in [-0.2, 0) is 0 Å². The lowest BCUT2D eigenvalue weighted by molar-refractivity contribution is -0.0726. The van der Waals surface area contributed by atoms with Crippen LogP contribution in [0.1, 0.15) is 33.1 Å². The molecule has 4 atom stereocenters. The molecule has 0 bridgehead atoms. The summed E-state index contributed by atoms with van der Waals surface area (Å²) in [5.74, 6) is 0.592. The highest BCUT2D eigenvalue weighted by Crippen LogP contribution is 2.30. The minimum atomic E-state index is -0.492. The summed E-state index contributed by atoms with van der Waals surface area (Å²) in [6.45, 7) is 4.07. The molecule has 0 aromatic heterocycles. The Morgan fingerprint density at radius 2 is 1.82 bits per heavy atom. The summed E-state index contributed by atoms with van der Waals surface area (Å²) in [7, 11) is 0. The molecule has 0 saturated heterocycles. The highest BCUT2D eigenvalue weighted by molar-refractivity contribution is 4.84. The van der Waals surface area contributed by atoms with Crippen LogP contribution in [0.15, 0.2) is 0 Å². The second kappa shape index (κ2) is 3.55. The van der Waals surface area contributed by atoms with Crippen LogP contribution in [0, 0.1) is 11.8 Å². The first-order valence-electron chi connectivity index (χ1n) is 4.53.